The first-order chi connectivity index (χ1) is 11.0. The van der Waals surface area contributed by atoms with Gasteiger partial charge in [0.2, 0.25) is 0 Å². The molecule has 0 unspecified atom stereocenters. The molecular formula is C18H21ClN2S2. The van der Waals surface area contributed by atoms with Crippen LogP contribution in [0.3, 0.4) is 0 Å². The average molecular weight is 365 g/mol. The Labute approximate surface area is 153 Å². The van der Waals surface area contributed by atoms with Crippen molar-refractivity contribution in [2.45, 2.75) is 19.6 Å². The number of aryl methyl sites for hydroxylation is 2. The van der Waals surface area contributed by atoms with Gasteiger partial charge >= 0.3 is 0 Å². The van der Waals surface area contributed by atoms with E-state index >= 15 is 0 Å². The lowest BCUT2D eigenvalue weighted by Gasteiger charge is -2.11. The van der Waals surface area contributed by atoms with Gasteiger partial charge in [-0.15, -0.1) is 0 Å². The number of halogens is 1. The van der Waals surface area contributed by atoms with Crippen LogP contribution in [0, 0.1) is 13.8 Å². The molecule has 0 amide bonds. The number of anilines is 1. The maximum Gasteiger partial charge on any atom is 0.170 e. The van der Waals surface area contributed by atoms with Crippen LogP contribution in [0.2, 0.25) is 5.02 Å². The number of nitrogens with one attached hydrogen (secondary N) is 2. The van der Waals surface area contributed by atoms with Gasteiger partial charge in [0.25, 0.3) is 0 Å². The van der Waals surface area contributed by atoms with Crippen LogP contribution in [0.4, 0.5) is 5.69 Å². The normalized spacial score (nSPS) is 10.4. The van der Waals surface area contributed by atoms with Gasteiger partial charge in [0, 0.05) is 28.8 Å². The summed E-state index contributed by atoms with van der Waals surface area (Å²) in [5, 5.41) is 7.93. The molecule has 122 valence electrons. The third-order valence-electron chi connectivity index (χ3n) is 3.19. The van der Waals surface area contributed by atoms with Crippen molar-refractivity contribution in [3.05, 3.63) is 64.2 Å². The van der Waals surface area contributed by atoms with Crippen LogP contribution in [0.1, 0.15) is 16.7 Å². The van der Waals surface area contributed by atoms with Crippen LogP contribution >= 0.6 is 35.6 Å². The summed E-state index contributed by atoms with van der Waals surface area (Å²) >= 11 is 13.1. The largest absolute Gasteiger partial charge is 0.362 e. The molecular weight excluding hydrogens is 344 g/mol. The van der Waals surface area contributed by atoms with Crippen LogP contribution in [0.5, 0.6) is 0 Å². The number of thiocarbonyl (C=S) groups is 1. The van der Waals surface area contributed by atoms with Crippen molar-refractivity contribution in [3.63, 3.8) is 0 Å². The zero-order valence-electron chi connectivity index (χ0n) is 13.4. The van der Waals surface area contributed by atoms with Gasteiger partial charge in [0.05, 0.1) is 0 Å². The van der Waals surface area contributed by atoms with E-state index in [2.05, 4.69) is 54.8 Å². The molecule has 2 aromatic carbocycles. The highest BCUT2D eigenvalue weighted by Crippen LogP contribution is 2.15. The minimum absolute atomic E-state index is 0.669. The first-order valence-corrected chi connectivity index (χ1v) is 9.42. The second kappa shape index (κ2) is 9.16. The number of thioether (sulfide) groups is 1. The van der Waals surface area contributed by atoms with Crippen molar-refractivity contribution in [1.29, 1.82) is 0 Å². The summed E-state index contributed by atoms with van der Waals surface area (Å²) in [5.41, 5.74) is 4.78. The average Bonchev–Trinajstić information content (AvgIpc) is 2.47. The van der Waals surface area contributed by atoms with Crippen LogP contribution in [0.15, 0.2) is 42.5 Å². The Morgan fingerprint density at radius 1 is 1.09 bits per heavy atom. The van der Waals surface area contributed by atoms with E-state index < -0.39 is 0 Å². The van der Waals surface area contributed by atoms with Gasteiger partial charge < -0.3 is 10.6 Å². The molecule has 2 aromatic rings. The molecule has 0 saturated carbocycles. The summed E-state index contributed by atoms with van der Waals surface area (Å²) in [4.78, 5) is 0. The van der Waals surface area contributed by atoms with Gasteiger partial charge in [-0.25, -0.2) is 0 Å². The van der Waals surface area contributed by atoms with E-state index in [9.17, 15) is 0 Å². The molecule has 0 heterocycles. The quantitative estimate of drug-likeness (QED) is 0.545. The molecule has 0 aliphatic heterocycles. The second-order valence-electron chi connectivity index (χ2n) is 5.44. The molecule has 0 atom stereocenters. The number of hydrogen-bond donors (Lipinski definition) is 2. The predicted octanol–water partition coefficient (Wildman–Crippen LogP) is 5.18. The molecule has 2 rings (SSSR count). The Morgan fingerprint density at radius 2 is 1.74 bits per heavy atom. The summed E-state index contributed by atoms with van der Waals surface area (Å²) in [6.45, 7) is 5.01. The van der Waals surface area contributed by atoms with Gasteiger partial charge in [0.15, 0.2) is 5.11 Å². The summed E-state index contributed by atoms with van der Waals surface area (Å²) in [7, 11) is 0. The highest BCUT2D eigenvalue weighted by molar-refractivity contribution is 7.98. The molecule has 0 spiro atoms. The van der Waals surface area contributed by atoms with E-state index in [4.69, 9.17) is 23.8 Å². The molecule has 5 heteroatoms. The fraction of sp³-hybridized carbons (Fsp3) is 0.278. The van der Waals surface area contributed by atoms with Gasteiger partial charge in [0.1, 0.15) is 0 Å². The third kappa shape index (κ3) is 6.81. The summed E-state index contributed by atoms with van der Waals surface area (Å²) in [6, 6.07) is 14.3. The van der Waals surface area contributed by atoms with E-state index in [1.807, 2.05) is 23.9 Å². The second-order valence-corrected chi connectivity index (χ2v) is 7.39. The topological polar surface area (TPSA) is 24.1 Å². The van der Waals surface area contributed by atoms with Crippen molar-refractivity contribution >= 4 is 46.4 Å². The molecule has 0 aliphatic rings. The molecule has 23 heavy (non-hydrogen) atoms. The van der Waals surface area contributed by atoms with Crippen LogP contribution in [-0.2, 0) is 5.75 Å². The lowest BCUT2D eigenvalue weighted by atomic mass is 10.1. The molecule has 2 N–H and O–H groups in total. The van der Waals surface area contributed by atoms with Gasteiger partial charge in [-0.1, -0.05) is 29.8 Å². The smallest absolute Gasteiger partial charge is 0.170 e. The van der Waals surface area contributed by atoms with Gasteiger partial charge in [-0.3, -0.25) is 0 Å². The fourth-order valence-corrected chi connectivity index (χ4v) is 3.39. The Morgan fingerprint density at radius 3 is 2.39 bits per heavy atom. The lowest BCUT2D eigenvalue weighted by Crippen LogP contribution is -2.30. The summed E-state index contributed by atoms with van der Waals surface area (Å²) in [6.07, 6.45) is 0. The van der Waals surface area contributed by atoms with Crippen molar-refractivity contribution < 1.29 is 0 Å². The first kappa shape index (κ1) is 18.1. The van der Waals surface area contributed by atoms with E-state index in [-0.39, 0.29) is 0 Å². The van der Waals surface area contributed by atoms with Gasteiger partial charge in [-0.05, 0) is 67.0 Å². The maximum atomic E-state index is 5.88. The van der Waals surface area contributed by atoms with Crippen molar-refractivity contribution in [2.75, 3.05) is 17.6 Å². The SMILES string of the molecule is Cc1cc(C)cc(NC(=S)NCCSCc2ccc(Cl)cc2)c1. The zero-order chi connectivity index (χ0) is 16.7. The monoisotopic (exact) mass is 364 g/mol. The molecule has 0 fully saturated rings. The molecule has 2 nitrogen and oxygen atoms in total. The van der Waals surface area contributed by atoms with Crippen LogP contribution in [-0.4, -0.2) is 17.4 Å². The highest BCUT2D eigenvalue weighted by Gasteiger charge is 2.00. The maximum absolute atomic E-state index is 5.88. The van der Waals surface area contributed by atoms with Crippen molar-refractivity contribution in [3.8, 4) is 0 Å². The Kier molecular flexibility index (Phi) is 7.21. The van der Waals surface area contributed by atoms with Crippen molar-refractivity contribution in [2.24, 2.45) is 0 Å². The van der Waals surface area contributed by atoms with E-state index in [0.717, 1.165) is 28.8 Å². The molecule has 0 aromatic heterocycles. The standard InChI is InChI=1S/C18H21ClN2S2/c1-13-9-14(2)11-17(10-13)21-18(22)20-7-8-23-12-15-3-5-16(19)6-4-15/h3-6,9-11H,7-8,12H2,1-2H3,(H2,20,21,22). The Bertz CT molecular complexity index is 636. The molecule has 0 bridgehead atoms. The Hall–Kier alpha value is -1.23. The summed E-state index contributed by atoms with van der Waals surface area (Å²) < 4.78 is 0. The van der Waals surface area contributed by atoms with Gasteiger partial charge in [-0.2, -0.15) is 11.8 Å². The zero-order valence-corrected chi connectivity index (χ0v) is 15.7. The molecule has 0 saturated heterocycles. The number of rotatable bonds is 6. The highest BCUT2D eigenvalue weighted by atomic mass is 35.5. The number of benzene rings is 2. The summed E-state index contributed by atoms with van der Waals surface area (Å²) in [5.74, 6) is 1.98. The molecule has 0 radical (unpaired) electrons. The predicted molar refractivity (Wildman–Crippen MR) is 108 cm³/mol. The molecule has 0 aliphatic carbocycles. The van der Waals surface area contributed by atoms with E-state index in [1.54, 1.807) is 0 Å². The van der Waals surface area contributed by atoms with Crippen molar-refractivity contribution in [1.82, 2.24) is 5.32 Å². The number of hydrogen-bond acceptors (Lipinski definition) is 2. The Balaban J connectivity index is 1.65. The van der Waals surface area contributed by atoms with Crippen LogP contribution < -0.4 is 10.6 Å². The minimum atomic E-state index is 0.669. The van der Waals surface area contributed by atoms with E-state index in [0.29, 0.717) is 5.11 Å². The van der Waals surface area contributed by atoms with Crippen LogP contribution in [0.25, 0.3) is 0 Å². The minimum Gasteiger partial charge on any atom is -0.362 e. The van der Waals surface area contributed by atoms with E-state index in [1.165, 1.54) is 16.7 Å². The lowest BCUT2D eigenvalue weighted by molar-refractivity contribution is 0.989. The first-order valence-electron chi connectivity index (χ1n) is 7.48. The third-order valence-corrected chi connectivity index (χ3v) is 4.72. The fourth-order valence-electron chi connectivity index (χ4n) is 2.23.